The van der Waals surface area contributed by atoms with E-state index < -0.39 is 23.6 Å². The Balaban J connectivity index is 2.60. The van der Waals surface area contributed by atoms with E-state index in [-0.39, 0.29) is 26.1 Å². The summed E-state index contributed by atoms with van der Waals surface area (Å²) >= 11 is 0. The van der Waals surface area contributed by atoms with E-state index in [0.29, 0.717) is 0 Å². The molecule has 0 atom stereocenters. The molecule has 0 radical (unpaired) electrons. The Labute approximate surface area is 96.0 Å². The quantitative estimate of drug-likeness (QED) is 0.400. The number of hydrogen-bond donors (Lipinski definition) is 0. The maximum absolute atomic E-state index is 12.3. The van der Waals surface area contributed by atoms with Crippen LogP contribution >= 0.6 is 0 Å². The van der Waals surface area contributed by atoms with Crippen LogP contribution in [-0.2, 0) is 14.3 Å². The van der Waals surface area contributed by atoms with Crippen LogP contribution < -0.4 is 0 Å². The number of halogens is 3. The molecule has 17 heavy (non-hydrogen) atoms. The van der Waals surface area contributed by atoms with Crippen LogP contribution in [0.1, 0.15) is 13.3 Å². The first-order valence-corrected chi connectivity index (χ1v) is 5.08. The number of ether oxygens (including phenoxy) is 1. The molecule has 0 aromatic rings. The van der Waals surface area contributed by atoms with Gasteiger partial charge in [0.1, 0.15) is 0 Å². The summed E-state index contributed by atoms with van der Waals surface area (Å²) in [6.45, 7) is 1.26. The standard InChI is InChI=1S/C10H12F3NO3/c1-2-17-9(16)8(15)14-5-3-7(4-6-14)10(11,12)13/h3H,2,4-6H2,1H3. The first-order valence-electron chi connectivity index (χ1n) is 5.08. The number of amides is 1. The van der Waals surface area contributed by atoms with E-state index in [2.05, 4.69) is 4.74 Å². The van der Waals surface area contributed by atoms with Crippen molar-refractivity contribution >= 4 is 11.9 Å². The van der Waals surface area contributed by atoms with Crippen LogP contribution in [0.4, 0.5) is 13.2 Å². The number of carbonyl (C=O) groups is 2. The van der Waals surface area contributed by atoms with Crippen LogP contribution in [0.5, 0.6) is 0 Å². The largest absolute Gasteiger partial charge is 0.459 e. The van der Waals surface area contributed by atoms with Gasteiger partial charge < -0.3 is 9.64 Å². The molecule has 0 aromatic carbocycles. The number of nitrogens with zero attached hydrogens (tertiary/aromatic N) is 1. The lowest BCUT2D eigenvalue weighted by atomic mass is 10.1. The van der Waals surface area contributed by atoms with Gasteiger partial charge in [0.15, 0.2) is 0 Å². The minimum Gasteiger partial charge on any atom is -0.459 e. The van der Waals surface area contributed by atoms with Gasteiger partial charge in [-0.2, -0.15) is 13.2 Å². The van der Waals surface area contributed by atoms with Crippen LogP contribution in [0.15, 0.2) is 11.6 Å². The maximum atomic E-state index is 12.3. The molecule has 1 heterocycles. The monoisotopic (exact) mass is 251 g/mol. The Morgan fingerprint density at radius 3 is 2.53 bits per heavy atom. The van der Waals surface area contributed by atoms with Gasteiger partial charge in [-0.3, -0.25) is 4.79 Å². The summed E-state index contributed by atoms with van der Waals surface area (Å²) in [6.07, 6.45) is -3.74. The van der Waals surface area contributed by atoms with Crippen LogP contribution in [0, 0.1) is 0 Å². The van der Waals surface area contributed by atoms with Crippen molar-refractivity contribution in [2.45, 2.75) is 19.5 Å². The fourth-order valence-corrected chi connectivity index (χ4v) is 1.43. The van der Waals surface area contributed by atoms with Crippen molar-refractivity contribution < 1.29 is 27.5 Å². The minimum atomic E-state index is -4.36. The van der Waals surface area contributed by atoms with Crippen molar-refractivity contribution in [1.82, 2.24) is 4.90 Å². The van der Waals surface area contributed by atoms with E-state index in [1.807, 2.05) is 0 Å². The molecule has 0 spiro atoms. The summed E-state index contributed by atoms with van der Waals surface area (Å²) in [4.78, 5) is 23.5. The fraction of sp³-hybridized carbons (Fsp3) is 0.600. The molecule has 0 bridgehead atoms. The predicted molar refractivity (Wildman–Crippen MR) is 52.0 cm³/mol. The first-order chi connectivity index (χ1) is 7.86. The number of rotatable bonds is 1. The van der Waals surface area contributed by atoms with E-state index in [1.165, 1.54) is 0 Å². The van der Waals surface area contributed by atoms with Gasteiger partial charge in [0.05, 0.1) is 6.61 Å². The summed E-state index contributed by atoms with van der Waals surface area (Å²) in [5, 5.41) is 0. The first kappa shape index (κ1) is 13.5. The zero-order chi connectivity index (χ0) is 13.1. The molecule has 1 aliphatic rings. The van der Waals surface area contributed by atoms with Crippen molar-refractivity contribution in [3.63, 3.8) is 0 Å². The molecule has 0 saturated heterocycles. The number of carbonyl (C=O) groups excluding carboxylic acids is 2. The van der Waals surface area contributed by atoms with E-state index in [9.17, 15) is 22.8 Å². The molecule has 96 valence electrons. The summed E-state index contributed by atoms with van der Waals surface area (Å²) in [5.74, 6) is -1.93. The van der Waals surface area contributed by atoms with Crippen molar-refractivity contribution in [2.24, 2.45) is 0 Å². The Bertz CT molecular complexity index is 349. The van der Waals surface area contributed by atoms with E-state index in [4.69, 9.17) is 0 Å². The molecule has 0 saturated carbocycles. The van der Waals surface area contributed by atoms with Gasteiger partial charge in [0, 0.05) is 18.7 Å². The predicted octanol–water partition coefficient (Wildman–Crippen LogP) is 1.27. The van der Waals surface area contributed by atoms with Gasteiger partial charge >= 0.3 is 18.1 Å². The van der Waals surface area contributed by atoms with Crippen molar-refractivity contribution in [3.8, 4) is 0 Å². The second-order valence-electron chi connectivity index (χ2n) is 3.45. The summed E-state index contributed by atoms with van der Waals surface area (Å²) in [5.41, 5.74) is -0.662. The topological polar surface area (TPSA) is 46.6 Å². The molecule has 1 aliphatic heterocycles. The second-order valence-corrected chi connectivity index (χ2v) is 3.45. The molecule has 0 N–H and O–H groups in total. The molecule has 0 unspecified atom stereocenters. The van der Waals surface area contributed by atoms with Crippen LogP contribution in [0.3, 0.4) is 0 Å². The van der Waals surface area contributed by atoms with Gasteiger partial charge in [-0.15, -0.1) is 0 Å². The van der Waals surface area contributed by atoms with E-state index in [1.54, 1.807) is 6.92 Å². The highest BCUT2D eigenvalue weighted by molar-refractivity contribution is 6.32. The smallest absolute Gasteiger partial charge is 0.412 e. The lowest BCUT2D eigenvalue weighted by Gasteiger charge is -2.26. The number of hydrogen-bond acceptors (Lipinski definition) is 3. The maximum Gasteiger partial charge on any atom is 0.412 e. The molecule has 0 fully saturated rings. The number of alkyl halides is 3. The van der Waals surface area contributed by atoms with Gasteiger partial charge in [-0.1, -0.05) is 6.08 Å². The van der Waals surface area contributed by atoms with Crippen LogP contribution in [0.2, 0.25) is 0 Å². The average Bonchev–Trinajstić information content (AvgIpc) is 2.27. The molecule has 4 nitrogen and oxygen atoms in total. The molecule has 0 aliphatic carbocycles. The SMILES string of the molecule is CCOC(=O)C(=O)N1CC=C(C(F)(F)F)CC1. The van der Waals surface area contributed by atoms with Gasteiger partial charge in [-0.05, 0) is 13.3 Å². The van der Waals surface area contributed by atoms with Crippen molar-refractivity contribution in [3.05, 3.63) is 11.6 Å². The Hall–Kier alpha value is -1.53. The molecular weight excluding hydrogens is 239 g/mol. The summed E-state index contributed by atoms with van der Waals surface area (Å²) < 4.78 is 41.3. The lowest BCUT2D eigenvalue weighted by molar-refractivity contribution is -0.159. The Morgan fingerprint density at radius 2 is 2.12 bits per heavy atom. The third-order valence-corrected chi connectivity index (χ3v) is 2.31. The average molecular weight is 251 g/mol. The van der Waals surface area contributed by atoms with Gasteiger partial charge in [0.2, 0.25) is 0 Å². The second kappa shape index (κ2) is 5.20. The highest BCUT2D eigenvalue weighted by atomic mass is 19.4. The minimum absolute atomic E-state index is 0.0576. The van der Waals surface area contributed by atoms with Crippen molar-refractivity contribution in [1.29, 1.82) is 0 Å². The lowest BCUT2D eigenvalue weighted by Crippen LogP contribution is -2.41. The Morgan fingerprint density at radius 1 is 1.47 bits per heavy atom. The highest BCUT2D eigenvalue weighted by Crippen LogP contribution is 2.30. The zero-order valence-electron chi connectivity index (χ0n) is 9.21. The molecule has 7 heteroatoms. The van der Waals surface area contributed by atoms with E-state index >= 15 is 0 Å². The molecular formula is C10H12F3NO3. The van der Waals surface area contributed by atoms with E-state index in [0.717, 1.165) is 11.0 Å². The van der Waals surface area contributed by atoms with Gasteiger partial charge in [-0.25, -0.2) is 4.79 Å². The third-order valence-electron chi connectivity index (χ3n) is 2.31. The zero-order valence-corrected chi connectivity index (χ0v) is 9.21. The normalized spacial score (nSPS) is 16.5. The third kappa shape index (κ3) is 3.47. The van der Waals surface area contributed by atoms with Crippen molar-refractivity contribution in [2.75, 3.05) is 19.7 Å². The molecule has 1 amide bonds. The van der Waals surface area contributed by atoms with Crippen LogP contribution in [-0.4, -0.2) is 42.6 Å². The summed E-state index contributed by atoms with van der Waals surface area (Å²) in [6, 6.07) is 0. The van der Waals surface area contributed by atoms with Gasteiger partial charge in [0.25, 0.3) is 0 Å². The molecule has 0 aromatic heterocycles. The number of esters is 1. The van der Waals surface area contributed by atoms with Crippen LogP contribution in [0.25, 0.3) is 0 Å². The highest BCUT2D eigenvalue weighted by Gasteiger charge is 2.36. The fourth-order valence-electron chi connectivity index (χ4n) is 1.43. The summed E-state index contributed by atoms with van der Waals surface area (Å²) in [7, 11) is 0. The molecule has 1 rings (SSSR count). The Kier molecular flexibility index (Phi) is 4.14.